The van der Waals surface area contributed by atoms with Crippen LogP contribution in [0.3, 0.4) is 0 Å². The fraction of sp³-hybridized carbons (Fsp3) is 0.900. The lowest BCUT2D eigenvalue weighted by Crippen LogP contribution is -2.54. The van der Waals surface area contributed by atoms with Gasteiger partial charge in [0, 0.05) is 0 Å². The molecule has 0 aromatic heterocycles. The van der Waals surface area contributed by atoms with Crippen LogP contribution < -0.4 is 0 Å². The van der Waals surface area contributed by atoms with Crippen LogP contribution in [0.25, 0.3) is 0 Å². The van der Waals surface area contributed by atoms with E-state index in [0.717, 1.165) is 19.3 Å². The smallest absolute Gasteiger partial charge is 0.312 e. The zero-order valence-electron chi connectivity index (χ0n) is 8.50. The Morgan fingerprint density at radius 2 is 1.77 bits per heavy atom. The van der Waals surface area contributed by atoms with Crippen molar-refractivity contribution in [3.8, 4) is 0 Å². The van der Waals surface area contributed by atoms with E-state index in [1.807, 2.05) is 0 Å². The van der Waals surface area contributed by atoms with Gasteiger partial charge in [-0.15, -0.1) is 0 Å². The third kappa shape index (κ3) is 1.46. The van der Waals surface area contributed by atoms with Crippen LogP contribution in [0.1, 0.15) is 40.0 Å². The van der Waals surface area contributed by atoms with Gasteiger partial charge in [-0.3, -0.25) is 4.79 Å². The Morgan fingerprint density at radius 1 is 1.31 bits per heavy atom. The zero-order valence-corrected chi connectivity index (χ0v) is 8.50. The lowest BCUT2D eigenvalue weighted by atomic mass is 9.62. The SMILES string of the molecule is CC(C)(C(=O)O)C(C)(O)C1CCC1. The van der Waals surface area contributed by atoms with Gasteiger partial charge in [0.15, 0.2) is 0 Å². The van der Waals surface area contributed by atoms with E-state index < -0.39 is 17.0 Å². The Morgan fingerprint density at radius 3 is 2.00 bits per heavy atom. The molecule has 0 aliphatic heterocycles. The Hall–Kier alpha value is -0.570. The fourth-order valence-electron chi connectivity index (χ4n) is 1.70. The standard InChI is InChI=1S/C10H18O3/c1-9(2,8(11)12)10(3,13)7-5-4-6-7/h7,13H,4-6H2,1-3H3,(H,11,12). The highest BCUT2D eigenvalue weighted by Gasteiger charge is 2.51. The Balaban J connectivity index is 2.83. The first-order valence-corrected chi connectivity index (χ1v) is 4.76. The number of hydrogen-bond donors (Lipinski definition) is 2. The minimum Gasteiger partial charge on any atom is -0.481 e. The van der Waals surface area contributed by atoms with Crippen LogP contribution in [-0.2, 0) is 4.79 Å². The molecular weight excluding hydrogens is 168 g/mol. The van der Waals surface area contributed by atoms with Crippen LogP contribution >= 0.6 is 0 Å². The van der Waals surface area contributed by atoms with Gasteiger partial charge >= 0.3 is 5.97 Å². The van der Waals surface area contributed by atoms with Crippen molar-refractivity contribution in [3.05, 3.63) is 0 Å². The Bertz CT molecular complexity index is 214. The second kappa shape index (κ2) is 2.98. The molecule has 1 fully saturated rings. The Kier molecular flexibility index (Phi) is 2.41. The first-order valence-electron chi connectivity index (χ1n) is 4.76. The van der Waals surface area contributed by atoms with Crippen LogP contribution in [-0.4, -0.2) is 21.8 Å². The summed E-state index contributed by atoms with van der Waals surface area (Å²) in [6.07, 6.45) is 3.00. The number of carboxylic acids is 1. The molecule has 0 heterocycles. The molecule has 1 unspecified atom stereocenters. The van der Waals surface area contributed by atoms with Gasteiger partial charge in [-0.05, 0) is 39.5 Å². The summed E-state index contributed by atoms with van der Waals surface area (Å²) >= 11 is 0. The molecule has 0 bridgehead atoms. The second-order valence-corrected chi connectivity index (χ2v) is 4.71. The van der Waals surface area contributed by atoms with Gasteiger partial charge in [-0.1, -0.05) is 6.42 Å². The van der Waals surface area contributed by atoms with E-state index in [-0.39, 0.29) is 5.92 Å². The van der Waals surface area contributed by atoms with E-state index in [4.69, 9.17) is 5.11 Å². The number of aliphatic carboxylic acids is 1. The van der Waals surface area contributed by atoms with Crippen LogP contribution in [0, 0.1) is 11.3 Å². The maximum atomic E-state index is 11.0. The molecule has 1 atom stereocenters. The topological polar surface area (TPSA) is 57.5 Å². The van der Waals surface area contributed by atoms with Crippen LogP contribution in [0.15, 0.2) is 0 Å². The third-order valence-electron chi connectivity index (χ3n) is 3.70. The van der Waals surface area contributed by atoms with Gasteiger partial charge in [-0.25, -0.2) is 0 Å². The van der Waals surface area contributed by atoms with E-state index >= 15 is 0 Å². The second-order valence-electron chi connectivity index (χ2n) is 4.71. The van der Waals surface area contributed by atoms with Gasteiger partial charge < -0.3 is 10.2 Å². The van der Waals surface area contributed by atoms with E-state index in [9.17, 15) is 9.90 Å². The molecule has 0 spiro atoms. The van der Waals surface area contributed by atoms with Crippen molar-refractivity contribution in [2.75, 3.05) is 0 Å². The van der Waals surface area contributed by atoms with Crippen molar-refractivity contribution in [3.63, 3.8) is 0 Å². The third-order valence-corrected chi connectivity index (χ3v) is 3.70. The monoisotopic (exact) mass is 186 g/mol. The minimum atomic E-state index is -1.09. The predicted molar refractivity (Wildman–Crippen MR) is 49.4 cm³/mol. The van der Waals surface area contributed by atoms with E-state index in [1.54, 1.807) is 20.8 Å². The molecule has 1 rings (SSSR count). The molecule has 2 N–H and O–H groups in total. The molecule has 0 saturated heterocycles. The van der Waals surface area contributed by atoms with Crippen molar-refractivity contribution < 1.29 is 15.0 Å². The average Bonchev–Trinajstić information content (AvgIpc) is 1.80. The summed E-state index contributed by atoms with van der Waals surface area (Å²) in [7, 11) is 0. The summed E-state index contributed by atoms with van der Waals surface area (Å²) in [6, 6.07) is 0. The largest absolute Gasteiger partial charge is 0.481 e. The van der Waals surface area contributed by atoms with Crippen molar-refractivity contribution in [2.24, 2.45) is 11.3 Å². The maximum Gasteiger partial charge on any atom is 0.312 e. The molecule has 1 aliphatic carbocycles. The molecule has 0 aromatic rings. The summed E-state index contributed by atoms with van der Waals surface area (Å²) in [4.78, 5) is 11.0. The lowest BCUT2D eigenvalue weighted by molar-refractivity contribution is -0.175. The Labute approximate surface area is 78.8 Å². The number of rotatable bonds is 3. The molecule has 0 radical (unpaired) electrons. The van der Waals surface area contributed by atoms with Crippen LogP contribution in [0.5, 0.6) is 0 Å². The molecule has 3 nitrogen and oxygen atoms in total. The van der Waals surface area contributed by atoms with E-state index in [0.29, 0.717) is 0 Å². The molecule has 76 valence electrons. The number of aliphatic hydroxyl groups is 1. The first-order chi connectivity index (χ1) is 5.80. The summed E-state index contributed by atoms with van der Waals surface area (Å²) in [5.74, 6) is -0.775. The highest BCUT2D eigenvalue weighted by atomic mass is 16.4. The number of carboxylic acid groups (broad SMARTS) is 1. The summed E-state index contributed by atoms with van der Waals surface area (Å²) in [5, 5.41) is 19.1. The summed E-state index contributed by atoms with van der Waals surface area (Å²) < 4.78 is 0. The molecular formula is C10H18O3. The summed E-state index contributed by atoms with van der Waals surface area (Å²) in [6.45, 7) is 4.83. The zero-order chi connectivity index (χ0) is 10.3. The summed E-state index contributed by atoms with van der Waals surface area (Å²) in [5.41, 5.74) is -2.14. The highest BCUT2D eigenvalue weighted by molar-refractivity contribution is 5.75. The first kappa shape index (κ1) is 10.5. The van der Waals surface area contributed by atoms with E-state index in [1.165, 1.54) is 0 Å². The molecule has 1 saturated carbocycles. The quantitative estimate of drug-likeness (QED) is 0.704. The molecule has 13 heavy (non-hydrogen) atoms. The van der Waals surface area contributed by atoms with Gasteiger partial charge in [0.2, 0.25) is 0 Å². The number of hydrogen-bond acceptors (Lipinski definition) is 2. The van der Waals surface area contributed by atoms with Crippen molar-refractivity contribution in [1.29, 1.82) is 0 Å². The molecule has 1 aliphatic rings. The highest BCUT2D eigenvalue weighted by Crippen LogP contribution is 2.45. The average molecular weight is 186 g/mol. The van der Waals surface area contributed by atoms with Gasteiger partial charge in [0.1, 0.15) is 0 Å². The molecule has 0 amide bonds. The predicted octanol–water partition coefficient (Wildman–Crippen LogP) is 1.65. The minimum absolute atomic E-state index is 0.151. The molecule has 0 aromatic carbocycles. The van der Waals surface area contributed by atoms with Crippen LogP contribution in [0.4, 0.5) is 0 Å². The van der Waals surface area contributed by atoms with Crippen molar-refractivity contribution >= 4 is 5.97 Å². The maximum absolute atomic E-state index is 11.0. The van der Waals surface area contributed by atoms with Crippen LogP contribution in [0.2, 0.25) is 0 Å². The van der Waals surface area contributed by atoms with Crippen molar-refractivity contribution in [2.45, 2.75) is 45.6 Å². The van der Waals surface area contributed by atoms with Crippen molar-refractivity contribution in [1.82, 2.24) is 0 Å². The van der Waals surface area contributed by atoms with Gasteiger partial charge in [0.05, 0.1) is 11.0 Å². The van der Waals surface area contributed by atoms with Gasteiger partial charge in [0.25, 0.3) is 0 Å². The normalized spacial score (nSPS) is 23.4. The molecule has 3 heteroatoms. The van der Waals surface area contributed by atoms with Gasteiger partial charge in [-0.2, -0.15) is 0 Å². The number of carbonyl (C=O) groups is 1. The fourth-order valence-corrected chi connectivity index (χ4v) is 1.70. The lowest BCUT2D eigenvalue weighted by Gasteiger charge is -2.46. The van der Waals surface area contributed by atoms with E-state index in [2.05, 4.69) is 0 Å².